The maximum Gasteiger partial charge on any atom is 0.0466 e. The molecule has 0 bridgehead atoms. The third-order valence-electron chi connectivity index (χ3n) is 2.57. The van der Waals surface area contributed by atoms with Crippen molar-refractivity contribution in [3.8, 4) is 0 Å². The van der Waals surface area contributed by atoms with E-state index < -0.39 is 0 Å². The van der Waals surface area contributed by atoms with Gasteiger partial charge in [-0.15, -0.1) is 0 Å². The molecule has 0 radical (unpaired) electrons. The molecule has 3 heteroatoms. The van der Waals surface area contributed by atoms with Crippen molar-refractivity contribution in [1.82, 2.24) is 0 Å². The topological polar surface area (TPSA) is 21.3 Å². The summed E-state index contributed by atoms with van der Waals surface area (Å²) in [6.07, 6.45) is 3.39. The Morgan fingerprint density at radius 2 is 2.06 bits per heavy atom. The lowest BCUT2D eigenvalue weighted by Gasteiger charge is -2.09. The van der Waals surface area contributed by atoms with Gasteiger partial charge < -0.3 is 10.1 Å². The average Bonchev–Trinajstić information content (AvgIpc) is 2.30. The molecule has 0 unspecified atom stereocenters. The second-order valence-corrected chi connectivity index (χ2v) is 5.12. The largest absolute Gasteiger partial charge is 0.385 e. The van der Waals surface area contributed by atoms with Crippen molar-refractivity contribution in [2.75, 3.05) is 25.1 Å². The van der Waals surface area contributed by atoms with Gasteiger partial charge in [0.05, 0.1) is 0 Å². The van der Waals surface area contributed by atoms with Crippen LogP contribution in [0.2, 0.25) is 0 Å². The molecule has 0 aliphatic carbocycles. The third kappa shape index (κ3) is 6.08. The van der Waals surface area contributed by atoms with Gasteiger partial charge in [-0.1, -0.05) is 22.9 Å². The average molecular weight is 300 g/mol. The van der Waals surface area contributed by atoms with Crippen LogP contribution in [0.25, 0.3) is 0 Å². The minimum absolute atomic E-state index is 0.884. The Balaban J connectivity index is 2.14. The van der Waals surface area contributed by atoms with Crippen LogP contribution in [-0.2, 0) is 4.74 Å². The molecule has 17 heavy (non-hydrogen) atoms. The zero-order chi connectivity index (χ0) is 12.5. The predicted octanol–water partition coefficient (Wildman–Crippen LogP) is 4.38. The van der Waals surface area contributed by atoms with Gasteiger partial charge in [-0.2, -0.15) is 0 Å². The van der Waals surface area contributed by atoms with E-state index in [0.29, 0.717) is 0 Å². The number of unbranched alkanes of at least 4 members (excludes halogenated alkanes) is 1. The van der Waals surface area contributed by atoms with Gasteiger partial charge in [-0.25, -0.2) is 0 Å². The number of halogens is 1. The van der Waals surface area contributed by atoms with Crippen LogP contribution in [0.3, 0.4) is 0 Å². The summed E-state index contributed by atoms with van der Waals surface area (Å²) in [7, 11) is 0. The fraction of sp³-hybridized carbons (Fsp3) is 0.571. The molecule has 0 heterocycles. The van der Waals surface area contributed by atoms with Gasteiger partial charge >= 0.3 is 0 Å². The summed E-state index contributed by atoms with van der Waals surface area (Å²) in [6, 6.07) is 6.32. The molecule has 1 aromatic carbocycles. The first-order valence-electron chi connectivity index (χ1n) is 6.32. The lowest BCUT2D eigenvalue weighted by molar-refractivity contribution is 0.131. The highest BCUT2D eigenvalue weighted by Crippen LogP contribution is 2.19. The van der Waals surface area contributed by atoms with E-state index in [0.717, 1.165) is 43.5 Å². The molecule has 0 saturated carbocycles. The molecule has 1 N–H and O–H groups in total. The standard InChI is InChI=1S/C14H22BrNO/c1-3-9-17-10-5-4-8-16-14-7-6-13(15)11-12(14)2/h6-7,11,16H,3-5,8-10H2,1-2H3. The Kier molecular flexibility index (Phi) is 7.29. The lowest BCUT2D eigenvalue weighted by atomic mass is 10.2. The van der Waals surface area contributed by atoms with Crippen molar-refractivity contribution in [2.45, 2.75) is 33.1 Å². The van der Waals surface area contributed by atoms with Crippen molar-refractivity contribution < 1.29 is 4.74 Å². The van der Waals surface area contributed by atoms with Crippen LogP contribution in [0, 0.1) is 6.92 Å². The number of anilines is 1. The number of rotatable bonds is 8. The zero-order valence-corrected chi connectivity index (χ0v) is 12.3. The second-order valence-electron chi connectivity index (χ2n) is 4.21. The first-order chi connectivity index (χ1) is 8.24. The molecule has 96 valence electrons. The maximum atomic E-state index is 5.44. The highest BCUT2D eigenvalue weighted by Gasteiger charge is 1.97. The highest BCUT2D eigenvalue weighted by atomic mass is 79.9. The van der Waals surface area contributed by atoms with Crippen molar-refractivity contribution in [3.05, 3.63) is 28.2 Å². The third-order valence-corrected chi connectivity index (χ3v) is 3.06. The molecule has 1 rings (SSSR count). The molecule has 0 saturated heterocycles. The van der Waals surface area contributed by atoms with E-state index in [1.807, 2.05) is 0 Å². The monoisotopic (exact) mass is 299 g/mol. The summed E-state index contributed by atoms with van der Waals surface area (Å²) in [6.45, 7) is 7.04. The minimum Gasteiger partial charge on any atom is -0.385 e. The molecule has 0 fully saturated rings. The SMILES string of the molecule is CCCOCCCCNc1ccc(Br)cc1C. The van der Waals surface area contributed by atoms with Crippen LogP contribution in [0.15, 0.2) is 22.7 Å². The van der Waals surface area contributed by atoms with E-state index in [4.69, 9.17) is 4.74 Å². The summed E-state index contributed by atoms with van der Waals surface area (Å²) >= 11 is 3.47. The van der Waals surface area contributed by atoms with Gasteiger partial charge in [-0.05, 0) is 49.9 Å². The number of hydrogen-bond acceptors (Lipinski definition) is 2. The molecule has 0 amide bonds. The van der Waals surface area contributed by atoms with Crippen LogP contribution in [0.1, 0.15) is 31.7 Å². The quantitative estimate of drug-likeness (QED) is 0.720. The van der Waals surface area contributed by atoms with Gasteiger partial charge in [0.1, 0.15) is 0 Å². The molecule has 0 aromatic heterocycles. The summed E-state index contributed by atoms with van der Waals surface area (Å²) in [5, 5.41) is 3.45. The molecule has 1 aromatic rings. The molecular weight excluding hydrogens is 278 g/mol. The van der Waals surface area contributed by atoms with E-state index in [1.165, 1.54) is 11.3 Å². The first kappa shape index (κ1) is 14.5. The maximum absolute atomic E-state index is 5.44. The van der Waals surface area contributed by atoms with Crippen LogP contribution in [0.5, 0.6) is 0 Å². The first-order valence-corrected chi connectivity index (χ1v) is 7.11. The molecule has 0 atom stereocenters. The Hall–Kier alpha value is -0.540. The Morgan fingerprint density at radius 3 is 2.76 bits per heavy atom. The Morgan fingerprint density at radius 1 is 1.24 bits per heavy atom. The molecule has 0 aliphatic heterocycles. The number of hydrogen-bond donors (Lipinski definition) is 1. The summed E-state index contributed by atoms with van der Waals surface area (Å²) in [5.74, 6) is 0. The Labute approximate surface area is 113 Å². The van der Waals surface area contributed by atoms with E-state index in [9.17, 15) is 0 Å². The van der Waals surface area contributed by atoms with Crippen molar-refractivity contribution in [1.29, 1.82) is 0 Å². The number of aryl methyl sites for hydroxylation is 1. The molecule has 0 spiro atoms. The van der Waals surface area contributed by atoms with E-state index in [-0.39, 0.29) is 0 Å². The van der Waals surface area contributed by atoms with Gasteiger partial charge in [0.2, 0.25) is 0 Å². The predicted molar refractivity (Wildman–Crippen MR) is 77.7 cm³/mol. The molecule has 2 nitrogen and oxygen atoms in total. The van der Waals surface area contributed by atoms with E-state index in [1.54, 1.807) is 0 Å². The van der Waals surface area contributed by atoms with Crippen LogP contribution in [-0.4, -0.2) is 19.8 Å². The summed E-state index contributed by atoms with van der Waals surface area (Å²) in [4.78, 5) is 0. The zero-order valence-electron chi connectivity index (χ0n) is 10.8. The van der Waals surface area contributed by atoms with Crippen molar-refractivity contribution in [3.63, 3.8) is 0 Å². The second kappa shape index (κ2) is 8.54. The smallest absolute Gasteiger partial charge is 0.0466 e. The number of ether oxygens (including phenoxy) is 1. The van der Waals surface area contributed by atoms with Crippen molar-refractivity contribution >= 4 is 21.6 Å². The number of nitrogens with one attached hydrogen (secondary N) is 1. The van der Waals surface area contributed by atoms with Crippen LogP contribution in [0.4, 0.5) is 5.69 Å². The van der Waals surface area contributed by atoms with Crippen molar-refractivity contribution in [2.24, 2.45) is 0 Å². The highest BCUT2D eigenvalue weighted by molar-refractivity contribution is 9.10. The van der Waals surface area contributed by atoms with E-state index >= 15 is 0 Å². The van der Waals surface area contributed by atoms with Crippen LogP contribution >= 0.6 is 15.9 Å². The number of benzene rings is 1. The normalized spacial score (nSPS) is 10.5. The van der Waals surface area contributed by atoms with Crippen LogP contribution < -0.4 is 5.32 Å². The molecule has 0 aliphatic rings. The van der Waals surface area contributed by atoms with E-state index in [2.05, 4.69) is 53.3 Å². The fourth-order valence-electron chi connectivity index (χ4n) is 1.62. The lowest BCUT2D eigenvalue weighted by Crippen LogP contribution is -2.05. The fourth-order valence-corrected chi connectivity index (χ4v) is 2.10. The van der Waals surface area contributed by atoms with Gasteiger partial charge in [0.15, 0.2) is 0 Å². The minimum atomic E-state index is 0.884. The molecular formula is C14H22BrNO. The van der Waals surface area contributed by atoms with Gasteiger partial charge in [0.25, 0.3) is 0 Å². The Bertz CT molecular complexity index is 328. The summed E-state index contributed by atoms with van der Waals surface area (Å²) < 4.78 is 6.57. The summed E-state index contributed by atoms with van der Waals surface area (Å²) in [5.41, 5.74) is 2.50. The van der Waals surface area contributed by atoms with Gasteiger partial charge in [0, 0.05) is 29.9 Å². The van der Waals surface area contributed by atoms with Gasteiger partial charge in [-0.3, -0.25) is 0 Å².